The van der Waals surface area contributed by atoms with Crippen LogP contribution in [0.25, 0.3) is 44.5 Å². The SMILES string of the molecule is CC(C)(C)c1cc(-c2ccccc2)cc([Si](c2ccccc2)(c2ccccc2)c2ccc3c(c2)B2c4cc([Si](c5ccccc5)(c5ccccc5)c5cc(-c6ccccc6)cc(C(C)(C)C)c5)ccc4N(c4ccc(C(C)(C)C)cc4-c4ccccc4)c4cc([Si](c5ccccc5)(c5ccccc5)c5cccc(-c6ccccc6)c5)cc(c42)O3)c1. The minimum atomic E-state index is -3.49. The van der Waals surface area contributed by atoms with E-state index in [4.69, 9.17) is 4.74 Å². The Morgan fingerprint density at radius 1 is 0.208 bits per heavy atom. The lowest BCUT2D eigenvalue weighted by Gasteiger charge is -2.44. The van der Waals surface area contributed by atoms with Crippen LogP contribution in [-0.2, 0) is 16.2 Å². The molecule has 0 fully saturated rings. The van der Waals surface area contributed by atoms with Gasteiger partial charge in [0, 0.05) is 16.9 Å². The first-order valence-electron chi connectivity index (χ1n) is 42.5. The van der Waals surface area contributed by atoms with E-state index in [-0.39, 0.29) is 16.2 Å². The minimum absolute atomic E-state index is 0.177. The predicted molar refractivity (Wildman–Crippen MR) is 521 cm³/mol. The van der Waals surface area contributed by atoms with Gasteiger partial charge < -0.3 is 9.64 Å². The van der Waals surface area contributed by atoms with Crippen LogP contribution in [0.15, 0.2) is 431 Å². The molecule has 0 N–H and O–H groups in total. The van der Waals surface area contributed by atoms with Crippen molar-refractivity contribution in [1.82, 2.24) is 0 Å². The Bertz CT molecular complexity index is 6470. The van der Waals surface area contributed by atoms with Gasteiger partial charge in [-0.3, -0.25) is 0 Å². The molecule has 580 valence electrons. The summed E-state index contributed by atoms with van der Waals surface area (Å²) < 4.78 is 8.29. The van der Waals surface area contributed by atoms with Crippen LogP contribution >= 0.6 is 0 Å². The van der Waals surface area contributed by atoms with Gasteiger partial charge in [0.25, 0.3) is 6.71 Å². The van der Waals surface area contributed by atoms with Crippen LogP contribution in [-0.4, -0.2) is 30.9 Å². The zero-order valence-electron chi connectivity index (χ0n) is 69.9. The molecule has 0 unspecified atom stereocenters. The first-order valence-corrected chi connectivity index (χ1v) is 48.5. The van der Waals surface area contributed by atoms with Crippen LogP contribution in [0.1, 0.15) is 79.0 Å². The fourth-order valence-corrected chi connectivity index (χ4v) is 34.1. The third-order valence-corrected chi connectivity index (χ3v) is 39.8. The second-order valence-electron chi connectivity index (χ2n) is 35.9. The standard InChI is InChI=1S/C114H98BNOSi3/c1-112(2,3)88-63-66-106(103(76-88)84-47-26-13-27-48-84)116-107-67-64-98(119(93-54-32-16-33-55-93,94-56-34-17-35-57-94)100-72-86(82-43-22-11-23-44-82)69-89(74-100)113(4,5)6)77-104(107)115-105-78-99(120(95-58-36-18-37-59-95,96-60-38-19-39-61-96)101-73-87(83-45-24-12-25-46-83)70-90(75-101)114(7,8)9)65-68-109(105)117-110-80-102(79-108(116)111(110)115)118(91-50-28-14-29-51-91,92-52-30-15-31-53-92)97-62-40-49-85(71-97)81-41-20-10-21-42-81/h10-80H,1-9H3. The van der Waals surface area contributed by atoms with Crippen LogP contribution in [0.4, 0.5) is 17.1 Å². The highest BCUT2D eigenvalue weighted by atomic mass is 28.3. The summed E-state index contributed by atoms with van der Waals surface area (Å²) in [5.41, 5.74) is 19.5. The summed E-state index contributed by atoms with van der Waals surface area (Å²) in [6.07, 6.45) is 0. The summed E-state index contributed by atoms with van der Waals surface area (Å²) in [6.45, 7) is 20.9. The zero-order chi connectivity index (χ0) is 82.0. The molecule has 2 nitrogen and oxygen atoms in total. The number of nitrogens with zero attached hydrogens (tertiary/aromatic N) is 1. The molecular formula is C114H98BNOSi3. The van der Waals surface area contributed by atoms with Gasteiger partial charge in [-0.15, -0.1) is 0 Å². The summed E-state index contributed by atoms with van der Waals surface area (Å²) >= 11 is 0. The highest BCUT2D eigenvalue weighted by Gasteiger charge is 2.51. The maximum atomic E-state index is 8.29. The molecule has 2 heterocycles. The zero-order valence-corrected chi connectivity index (χ0v) is 72.9. The van der Waals surface area contributed by atoms with Gasteiger partial charge in [-0.2, -0.15) is 0 Å². The van der Waals surface area contributed by atoms with Gasteiger partial charge >= 0.3 is 0 Å². The maximum Gasteiger partial charge on any atom is 0.256 e. The molecule has 0 atom stereocenters. The van der Waals surface area contributed by atoms with Crippen LogP contribution in [0.3, 0.4) is 0 Å². The molecule has 0 saturated heterocycles. The molecule has 0 amide bonds. The summed E-state index contributed by atoms with van der Waals surface area (Å²) in [5.74, 6) is 1.70. The molecule has 0 spiro atoms. The number of hydrogen-bond acceptors (Lipinski definition) is 2. The summed E-state index contributed by atoms with van der Waals surface area (Å²) in [6, 6.07) is 166. The van der Waals surface area contributed by atoms with E-state index in [2.05, 4.69) is 498 Å². The molecule has 0 aromatic heterocycles. The van der Waals surface area contributed by atoms with E-state index in [0.29, 0.717) is 0 Å². The average molecular weight is 1590 g/mol. The Hall–Kier alpha value is -12.9. The van der Waals surface area contributed by atoms with E-state index < -0.39 is 30.9 Å². The van der Waals surface area contributed by atoms with Gasteiger partial charge in [-0.05, 0) is 187 Å². The number of rotatable bonds is 17. The summed E-state index contributed by atoms with van der Waals surface area (Å²) in [4.78, 5) is 2.69. The number of benzene rings is 17. The van der Waals surface area contributed by atoms with Gasteiger partial charge in [-0.25, -0.2) is 0 Å². The van der Waals surface area contributed by atoms with E-state index in [9.17, 15) is 0 Å². The minimum Gasteiger partial charge on any atom is -0.458 e. The molecule has 2 aliphatic heterocycles. The van der Waals surface area contributed by atoms with Gasteiger partial charge in [0.05, 0.1) is 5.69 Å². The van der Waals surface area contributed by atoms with Crippen molar-refractivity contribution in [2.75, 3.05) is 4.90 Å². The van der Waals surface area contributed by atoms with Crippen LogP contribution < -0.4 is 88.3 Å². The van der Waals surface area contributed by atoms with E-state index in [0.717, 1.165) is 50.6 Å². The summed E-state index contributed by atoms with van der Waals surface area (Å²) in [7, 11) is -10.4. The Labute approximate surface area is 713 Å². The Kier molecular flexibility index (Phi) is 19.9. The Morgan fingerprint density at radius 3 is 0.942 bits per heavy atom. The lowest BCUT2D eigenvalue weighted by Crippen LogP contribution is -2.76. The molecule has 0 saturated carbocycles. The monoisotopic (exact) mass is 1590 g/mol. The second kappa shape index (κ2) is 31.1. The van der Waals surface area contributed by atoms with Crippen LogP contribution in [0.5, 0.6) is 11.5 Å². The third kappa shape index (κ3) is 13.5. The second-order valence-corrected chi connectivity index (χ2v) is 47.3. The van der Waals surface area contributed by atoms with Crippen molar-refractivity contribution in [3.8, 4) is 56.0 Å². The maximum absolute atomic E-state index is 8.29. The van der Waals surface area contributed by atoms with Crippen molar-refractivity contribution in [2.45, 2.75) is 78.6 Å². The van der Waals surface area contributed by atoms with Gasteiger partial charge in [0.1, 0.15) is 11.5 Å². The number of anilines is 3. The largest absolute Gasteiger partial charge is 0.458 e. The van der Waals surface area contributed by atoms with Crippen molar-refractivity contribution >= 4 is 127 Å². The fourth-order valence-electron chi connectivity index (χ4n) is 19.6. The van der Waals surface area contributed by atoms with E-state index in [1.165, 1.54) is 118 Å². The van der Waals surface area contributed by atoms with Gasteiger partial charge in [0.15, 0.2) is 24.2 Å². The van der Waals surface area contributed by atoms with Crippen LogP contribution in [0.2, 0.25) is 0 Å². The Balaban J connectivity index is 0.990. The molecule has 17 aromatic rings. The van der Waals surface area contributed by atoms with Crippen molar-refractivity contribution in [1.29, 1.82) is 0 Å². The molecule has 0 radical (unpaired) electrons. The molecule has 2 aliphatic rings. The topological polar surface area (TPSA) is 12.5 Å². The molecule has 0 bridgehead atoms. The normalized spacial score (nSPS) is 12.7. The van der Waals surface area contributed by atoms with Crippen molar-refractivity contribution in [3.05, 3.63) is 447 Å². The molecule has 17 aromatic carbocycles. The van der Waals surface area contributed by atoms with Gasteiger partial charge in [-0.1, -0.05) is 457 Å². The first-order chi connectivity index (χ1) is 58.4. The smallest absolute Gasteiger partial charge is 0.256 e. The number of hydrogen-bond donors (Lipinski definition) is 0. The van der Waals surface area contributed by atoms with Crippen LogP contribution in [0, 0.1) is 0 Å². The fraction of sp³-hybridized carbons (Fsp3) is 0.105. The highest BCUT2D eigenvalue weighted by Crippen LogP contribution is 2.46. The highest BCUT2D eigenvalue weighted by molar-refractivity contribution is 7.22. The number of ether oxygens (including phenoxy) is 1. The lowest BCUT2D eigenvalue weighted by atomic mass is 9.34. The molecule has 19 rings (SSSR count). The average Bonchev–Trinajstić information content (AvgIpc) is 0.687. The summed E-state index contributed by atoms with van der Waals surface area (Å²) in [5, 5.41) is 15.5. The molecular weight excluding hydrogens is 1490 g/mol. The Morgan fingerprint density at radius 2 is 0.533 bits per heavy atom. The number of fused-ring (bicyclic) bond motifs is 4. The molecule has 6 heteroatoms. The van der Waals surface area contributed by atoms with E-state index in [1.807, 2.05) is 0 Å². The quantitative estimate of drug-likeness (QED) is 0.0665. The van der Waals surface area contributed by atoms with Crippen molar-refractivity contribution < 1.29 is 4.74 Å². The van der Waals surface area contributed by atoms with Gasteiger partial charge in [0.2, 0.25) is 0 Å². The molecule has 0 aliphatic carbocycles. The molecule has 120 heavy (non-hydrogen) atoms. The van der Waals surface area contributed by atoms with E-state index >= 15 is 0 Å². The lowest BCUT2D eigenvalue weighted by molar-refractivity contribution is 0.488. The predicted octanol–water partition coefficient (Wildman–Crippen LogP) is 18.8. The van der Waals surface area contributed by atoms with E-state index in [1.54, 1.807) is 0 Å². The van der Waals surface area contributed by atoms with Crippen molar-refractivity contribution in [2.24, 2.45) is 0 Å². The third-order valence-electron chi connectivity index (χ3n) is 25.6. The van der Waals surface area contributed by atoms with Crippen molar-refractivity contribution in [3.63, 3.8) is 0 Å². The first kappa shape index (κ1) is 77.0.